The fraction of sp³-hybridized carbons (Fsp3) is 0.533. The lowest BCUT2D eigenvalue weighted by Crippen LogP contribution is -2.39. The minimum Gasteiger partial charge on any atom is -0.350 e. The Bertz CT molecular complexity index is 603. The normalized spacial score (nSPS) is 16.8. The molecule has 3 heterocycles. The maximum atomic E-state index is 12.0. The third kappa shape index (κ3) is 3.71. The van der Waals surface area contributed by atoms with Crippen molar-refractivity contribution in [1.82, 2.24) is 19.8 Å². The summed E-state index contributed by atoms with van der Waals surface area (Å²) in [4.78, 5) is 16.5. The second kappa shape index (κ2) is 7.30. The maximum Gasteiger partial charge on any atom is 0.264 e. The van der Waals surface area contributed by atoms with Gasteiger partial charge in [0, 0.05) is 18.0 Å². The van der Waals surface area contributed by atoms with Gasteiger partial charge < -0.3 is 10.2 Å². The first-order valence-corrected chi connectivity index (χ1v) is 9.22. The standard InChI is InChI=1S/C15H20N4OS2/c1-11-14(22-18-17-11)15(20)16-6-9-19-7-4-12(5-8-19)13-3-2-10-21-13/h2-3,10,12H,4-9H2,1H3,(H,16,20). The highest BCUT2D eigenvalue weighted by molar-refractivity contribution is 7.10. The first kappa shape index (κ1) is 15.6. The fourth-order valence-corrected chi connectivity index (χ4v) is 4.28. The minimum absolute atomic E-state index is 0.0547. The Kier molecular flexibility index (Phi) is 5.17. The van der Waals surface area contributed by atoms with Gasteiger partial charge in [0.25, 0.3) is 5.91 Å². The molecule has 2 aromatic heterocycles. The number of amides is 1. The molecule has 0 aliphatic carbocycles. The molecule has 1 N–H and O–H groups in total. The second-order valence-corrected chi connectivity index (χ2v) is 7.31. The summed E-state index contributed by atoms with van der Waals surface area (Å²) < 4.78 is 3.79. The summed E-state index contributed by atoms with van der Waals surface area (Å²) in [5, 5.41) is 8.99. The first-order chi connectivity index (χ1) is 10.7. The van der Waals surface area contributed by atoms with Crippen LogP contribution < -0.4 is 5.32 Å². The van der Waals surface area contributed by atoms with E-state index in [1.807, 2.05) is 18.3 Å². The monoisotopic (exact) mass is 336 g/mol. The van der Waals surface area contributed by atoms with Crippen LogP contribution >= 0.6 is 22.9 Å². The number of rotatable bonds is 5. The minimum atomic E-state index is -0.0547. The number of aryl methyl sites for hydroxylation is 1. The highest BCUT2D eigenvalue weighted by Crippen LogP contribution is 2.30. The molecule has 1 aliphatic rings. The van der Waals surface area contributed by atoms with Crippen molar-refractivity contribution in [3.05, 3.63) is 33.0 Å². The molecule has 0 radical (unpaired) electrons. The molecule has 1 amide bonds. The molecule has 0 unspecified atom stereocenters. The Morgan fingerprint density at radius 3 is 2.91 bits per heavy atom. The smallest absolute Gasteiger partial charge is 0.264 e. The average Bonchev–Trinajstić information content (AvgIpc) is 3.19. The van der Waals surface area contributed by atoms with Crippen molar-refractivity contribution >= 4 is 28.8 Å². The van der Waals surface area contributed by atoms with Crippen molar-refractivity contribution in [2.24, 2.45) is 0 Å². The topological polar surface area (TPSA) is 58.1 Å². The van der Waals surface area contributed by atoms with E-state index in [0.29, 0.717) is 17.1 Å². The van der Waals surface area contributed by atoms with Gasteiger partial charge in [0.15, 0.2) is 0 Å². The number of nitrogens with one attached hydrogen (secondary N) is 1. The van der Waals surface area contributed by atoms with Crippen LogP contribution in [0.15, 0.2) is 17.5 Å². The lowest BCUT2D eigenvalue weighted by atomic mass is 9.95. The Morgan fingerprint density at radius 2 is 2.27 bits per heavy atom. The van der Waals surface area contributed by atoms with E-state index in [0.717, 1.165) is 37.1 Å². The number of nitrogens with zero attached hydrogens (tertiary/aromatic N) is 3. The summed E-state index contributed by atoms with van der Waals surface area (Å²) in [5.41, 5.74) is 0.708. The zero-order valence-electron chi connectivity index (χ0n) is 12.6. The lowest BCUT2D eigenvalue weighted by molar-refractivity contribution is 0.0949. The van der Waals surface area contributed by atoms with Crippen LogP contribution in [0.1, 0.15) is 39.0 Å². The quantitative estimate of drug-likeness (QED) is 0.911. The van der Waals surface area contributed by atoms with E-state index in [-0.39, 0.29) is 5.91 Å². The van der Waals surface area contributed by atoms with Crippen LogP contribution in [-0.2, 0) is 0 Å². The van der Waals surface area contributed by atoms with Gasteiger partial charge in [-0.2, -0.15) is 0 Å². The average molecular weight is 336 g/mol. The number of piperidine rings is 1. The van der Waals surface area contributed by atoms with Gasteiger partial charge in [-0.15, -0.1) is 16.4 Å². The third-order valence-corrected chi connectivity index (χ3v) is 5.97. The predicted octanol–water partition coefficient (Wildman–Crippen LogP) is 2.52. The molecule has 5 nitrogen and oxygen atoms in total. The van der Waals surface area contributed by atoms with Crippen molar-refractivity contribution in [3.63, 3.8) is 0 Å². The van der Waals surface area contributed by atoms with Crippen molar-refractivity contribution in [1.29, 1.82) is 0 Å². The van der Waals surface area contributed by atoms with E-state index in [4.69, 9.17) is 0 Å². The lowest BCUT2D eigenvalue weighted by Gasteiger charge is -2.31. The van der Waals surface area contributed by atoms with Gasteiger partial charge in [-0.05, 0) is 61.8 Å². The van der Waals surface area contributed by atoms with Crippen molar-refractivity contribution in [3.8, 4) is 0 Å². The van der Waals surface area contributed by atoms with Crippen LogP contribution in [0.4, 0.5) is 0 Å². The molecule has 1 fully saturated rings. The van der Waals surface area contributed by atoms with E-state index >= 15 is 0 Å². The molecule has 0 aromatic carbocycles. The van der Waals surface area contributed by atoms with Gasteiger partial charge in [0.1, 0.15) is 4.88 Å². The van der Waals surface area contributed by atoms with Crippen LogP contribution in [0.2, 0.25) is 0 Å². The van der Waals surface area contributed by atoms with Crippen molar-refractivity contribution in [2.45, 2.75) is 25.7 Å². The van der Waals surface area contributed by atoms with Crippen LogP contribution in [0.5, 0.6) is 0 Å². The molecular weight excluding hydrogens is 316 g/mol. The summed E-state index contributed by atoms with van der Waals surface area (Å²) in [6.45, 7) is 5.63. The molecule has 3 rings (SSSR count). The zero-order valence-corrected chi connectivity index (χ0v) is 14.3. The fourth-order valence-electron chi connectivity index (χ4n) is 2.81. The van der Waals surface area contributed by atoms with Crippen molar-refractivity contribution < 1.29 is 4.79 Å². The number of hydrogen-bond donors (Lipinski definition) is 1. The summed E-state index contributed by atoms with van der Waals surface area (Å²) in [5.74, 6) is 0.665. The van der Waals surface area contributed by atoms with E-state index in [9.17, 15) is 4.79 Å². The molecule has 7 heteroatoms. The van der Waals surface area contributed by atoms with Crippen LogP contribution in [0, 0.1) is 6.92 Å². The Labute approximate surface area is 138 Å². The summed E-state index contributed by atoms with van der Waals surface area (Å²) in [7, 11) is 0. The zero-order chi connectivity index (χ0) is 15.4. The van der Waals surface area contributed by atoms with E-state index < -0.39 is 0 Å². The first-order valence-electron chi connectivity index (χ1n) is 7.57. The van der Waals surface area contributed by atoms with Gasteiger partial charge in [-0.3, -0.25) is 4.79 Å². The molecule has 2 aromatic rings. The summed E-state index contributed by atoms with van der Waals surface area (Å²) in [6, 6.07) is 4.38. The van der Waals surface area contributed by atoms with Crippen LogP contribution in [0.25, 0.3) is 0 Å². The Balaban J connectivity index is 1.39. The molecule has 0 spiro atoms. The second-order valence-electron chi connectivity index (χ2n) is 5.57. The van der Waals surface area contributed by atoms with E-state index in [1.165, 1.54) is 17.7 Å². The van der Waals surface area contributed by atoms with Gasteiger partial charge in [-0.25, -0.2) is 0 Å². The van der Waals surface area contributed by atoms with Gasteiger partial charge >= 0.3 is 0 Å². The van der Waals surface area contributed by atoms with E-state index in [2.05, 4.69) is 37.3 Å². The Hall–Kier alpha value is -1.31. The van der Waals surface area contributed by atoms with Crippen LogP contribution in [-0.4, -0.2) is 46.6 Å². The third-order valence-electron chi connectivity index (χ3n) is 4.10. The molecule has 22 heavy (non-hydrogen) atoms. The number of carbonyl (C=O) groups is 1. The van der Waals surface area contributed by atoms with Gasteiger partial charge in [0.05, 0.1) is 5.69 Å². The number of thiophene rings is 1. The molecule has 0 atom stereocenters. The molecule has 1 aliphatic heterocycles. The molecule has 0 bridgehead atoms. The molecule has 1 saturated heterocycles. The highest BCUT2D eigenvalue weighted by atomic mass is 32.1. The van der Waals surface area contributed by atoms with E-state index in [1.54, 1.807) is 0 Å². The largest absolute Gasteiger partial charge is 0.350 e. The van der Waals surface area contributed by atoms with Gasteiger partial charge in [0.2, 0.25) is 0 Å². The number of likely N-dealkylation sites (tertiary alicyclic amines) is 1. The predicted molar refractivity (Wildman–Crippen MR) is 89.7 cm³/mol. The maximum absolute atomic E-state index is 12.0. The molecule has 0 saturated carbocycles. The highest BCUT2D eigenvalue weighted by Gasteiger charge is 2.21. The Morgan fingerprint density at radius 1 is 1.45 bits per heavy atom. The van der Waals surface area contributed by atoms with Crippen LogP contribution in [0.3, 0.4) is 0 Å². The SMILES string of the molecule is Cc1nnsc1C(=O)NCCN1CCC(c2cccs2)CC1. The number of hydrogen-bond acceptors (Lipinski definition) is 6. The summed E-state index contributed by atoms with van der Waals surface area (Å²) in [6.07, 6.45) is 2.43. The van der Waals surface area contributed by atoms with Gasteiger partial charge in [-0.1, -0.05) is 10.6 Å². The number of carbonyl (C=O) groups excluding carboxylic acids is 1. The molecule has 118 valence electrons. The summed E-state index contributed by atoms with van der Waals surface area (Å²) >= 11 is 3.02. The number of aromatic nitrogens is 2. The van der Waals surface area contributed by atoms with Crippen molar-refractivity contribution in [2.75, 3.05) is 26.2 Å². The molecular formula is C15H20N4OS2.